The third-order valence-electron chi connectivity index (χ3n) is 5.11. The number of aryl methyl sites for hydroxylation is 1. The quantitative estimate of drug-likeness (QED) is 0.645. The average Bonchev–Trinajstić information content (AvgIpc) is 2.55. The Morgan fingerprint density at radius 3 is 2.71 bits per heavy atom. The number of benzene rings is 1. The number of aliphatic hydroxyl groups excluding tert-OH is 1. The van der Waals surface area contributed by atoms with E-state index in [9.17, 15) is 15.0 Å². The molecular formula is C19H30N2O3. The molecule has 0 bridgehead atoms. The summed E-state index contributed by atoms with van der Waals surface area (Å²) in [7, 11) is 0. The van der Waals surface area contributed by atoms with Crippen LogP contribution in [0.5, 0.6) is 5.75 Å². The fraction of sp³-hybridized carbons (Fsp3) is 0.632. The van der Waals surface area contributed by atoms with E-state index in [1.807, 2.05) is 26.0 Å². The van der Waals surface area contributed by atoms with Crippen LogP contribution in [-0.2, 0) is 6.42 Å². The molecular weight excluding hydrogens is 304 g/mol. The lowest BCUT2D eigenvalue weighted by Crippen LogP contribution is -2.49. The molecule has 0 radical (unpaired) electrons. The molecule has 0 aromatic heterocycles. The number of hydrogen-bond acceptors (Lipinski definition) is 3. The van der Waals surface area contributed by atoms with Gasteiger partial charge in [0, 0.05) is 18.0 Å². The normalized spacial score (nSPS) is 25.0. The molecule has 0 heterocycles. The highest BCUT2D eigenvalue weighted by molar-refractivity contribution is 5.74. The van der Waals surface area contributed by atoms with E-state index in [4.69, 9.17) is 0 Å². The van der Waals surface area contributed by atoms with Gasteiger partial charge in [-0.2, -0.15) is 0 Å². The molecule has 24 heavy (non-hydrogen) atoms. The van der Waals surface area contributed by atoms with Gasteiger partial charge in [-0.3, -0.25) is 0 Å². The maximum absolute atomic E-state index is 12.1. The second kappa shape index (κ2) is 8.38. The van der Waals surface area contributed by atoms with E-state index in [2.05, 4.69) is 10.6 Å². The van der Waals surface area contributed by atoms with E-state index in [0.29, 0.717) is 6.54 Å². The van der Waals surface area contributed by atoms with E-state index in [0.717, 1.165) is 44.1 Å². The number of phenolic OH excluding ortho intramolecular Hbond substituents is 1. The van der Waals surface area contributed by atoms with Gasteiger partial charge in [0.25, 0.3) is 0 Å². The van der Waals surface area contributed by atoms with Gasteiger partial charge in [0.1, 0.15) is 5.75 Å². The van der Waals surface area contributed by atoms with Crippen LogP contribution in [0.25, 0.3) is 0 Å². The molecule has 1 fully saturated rings. The largest absolute Gasteiger partial charge is 0.508 e. The molecule has 4 N–H and O–H groups in total. The lowest BCUT2D eigenvalue weighted by atomic mass is 9.73. The lowest BCUT2D eigenvalue weighted by Gasteiger charge is -2.38. The minimum Gasteiger partial charge on any atom is -0.508 e. The molecule has 3 unspecified atom stereocenters. The highest BCUT2D eigenvalue weighted by atomic mass is 16.3. The summed E-state index contributed by atoms with van der Waals surface area (Å²) in [6.07, 6.45) is 5.29. The summed E-state index contributed by atoms with van der Waals surface area (Å²) >= 11 is 0. The number of nitrogens with one attached hydrogen (secondary N) is 2. The third-order valence-corrected chi connectivity index (χ3v) is 5.11. The SMILES string of the molecule is CC(CCc1ccc(O)cc1)NC(=O)NCC1(C)CCCCC1O. The fourth-order valence-corrected chi connectivity index (χ4v) is 3.26. The molecule has 0 spiro atoms. The van der Waals surface area contributed by atoms with Crippen LogP contribution >= 0.6 is 0 Å². The van der Waals surface area contributed by atoms with Crippen molar-refractivity contribution in [3.05, 3.63) is 29.8 Å². The fourth-order valence-electron chi connectivity index (χ4n) is 3.26. The predicted octanol–water partition coefficient (Wildman–Crippen LogP) is 2.95. The summed E-state index contributed by atoms with van der Waals surface area (Å²) < 4.78 is 0. The van der Waals surface area contributed by atoms with Gasteiger partial charge < -0.3 is 20.8 Å². The van der Waals surface area contributed by atoms with Crippen LogP contribution in [0.1, 0.15) is 51.5 Å². The van der Waals surface area contributed by atoms with E-state index in [-0.39, 0.29) is 29.3 Å². The van der Waals surface area contributed by atoms with Gasteiger partial charge in [-0.15, -0.1) is 0 Å². The van der Waals surface area contributed by atoms with Crippen molar-refractivity contribution >= 4 is 6.03 Å². The standard InChI is InChI=1S/C19H30N2O3/c1-14(6-7-15-8-10-16(22)11-9-15)21-18(24)20-13-19(2)12-4-3-5-17(19)23/h8-11,14,17,22-23H,3-7,12-13H2,1-2H3,(H2,20,21,24). The van der Waals surface area contributed by atoms with Crippen LogP contribution in [0.15, 0.2) is 24.3 Å². The number of aromatic hydroxyl groups is 1. The zero-order valence-corrected chi connectivity index (χ0v) is 14.7. The second-order valence-corrected chi connectivity index (χ2v) is 7.35. The van der Waals surface area contributed by atoms with Crippen LogP contribution in [0.2, 0.25) is 0 Å². The van der Waals surface area contributed by atoms with Crippen molar-refractivity contribution in [3.8, 4) is 5.75 Å². The Labute approximate surface area is 144 Å². The van der Waals surface area contributed by atoms with Gasteiger partial charge in [0.15, 0.2) is 0 Å². The summed E-state index contributed by atoms with van der Waals surface area (Å²) in [6.45, 7) is 4.53. The minimum absolute atomic E-state index is 0.0582. The Bertz CT molecular complexity index is 532. The van der Waals surface area contributed by atoms with Crippen molar-refractivity contribution in [1.29, 1.82) is 0 Å². The van der Waals surface area contributed by atoms with Crippen molar-refractivity contribution in [1.82, 2.24) is 10.6 Å². The molecule has 0 aliphatic heterocycles. The van der Waals surface area contributed by atoms with Crippen molar-refractivity contribution in [2.75, 3.05) is 6.54 Å². The zero-order valence-electron chi connectivity index (χ0n) is 14.7. The Kier molecular flexibility index (Phi) is 6.49. The van der Waals surface area contributed by atoms with Crippen molar-refractivity contribution < 1.29 is 15.0 Å². The summed E-state index contributed by atoms with van der Waals surface area (Å²) in [5.41, 5.74) is 0.921. The van der Waals surface area contributed by atoms with Gasteiger partial charge in [-0.25, -0.2) is 4.79 Å². The Hall–Kier alpha value is -1.75. The number of urea groups is 1. The molecule has 2 rings (SSSR count). The summed E-state index contributed by atoms with van der Waals surface area (Å²) in [5.74, 6) is 0.266. The Morgan fingerprint density at radius 1 is 1.33 bits per heavy atom. The minimum atomic E-state index is -0.335. The first kappa shape index (κ1) is 18.6. The zero-order chi connectivity index (χ0) is 17.6. The van der Waals surface area contributed by atoms with E-state index in [1.54, 1.807) is 12.1 Å². The molecule has 1 saturated carbocycles. The van der Waals surface area contributed by atoms with Crippen LogP contribution < -0.4 is 10.6 Å². The van der Waals surface area contributed by atoms with Gasteiger partial charge in [-0.1, -0.05) is 31.9 Å². The molecule has 1 aliphatic carbocycles. The molecule has 1 aromatic rings. The maximum atomic E-state index is 12.1. The van der Waals surface area contributed by atoms with E-state index in [1.165, 1.54) is 0 Å². The first-order chi connectivity index (χ1) is 11.4. The van der Waals surface area contributed by atoms with Gasteiger partial charge in [-0.05, 0) is 50.3 Å². The highest BCUT2D eigenvalue weighted by Crippen LogP contribution is 2.35. The Morgan fingerprint density at radius 2 is 2.04 bits per heavy atom. The molecule has 1 aliphatic rings. The first-order valence-electron chi connectivity index (χ1n) is 8.89. The number of hydrogen-bond donors (Lipinski definition) is 4. The molecule has 5 heteroatoms. The molecule has 5 nitrogen and oxygen atoms in total. The van der Waals surface area contributed by atoms with Crippen LogP contribution in [0, 0.1) is 5.41 Å². The van der Waals surface area contributed by atoms with Crippen LogP contribution in [0.4, 0.5) is 4.79 Å². The smallest absolute Gasteiger partial charge is 0.315 e. The second-order valence-electron chi connectivity index (χ2n) is 7.35. The molecule has 3 atom stereocenters. The van der Waals surface area contributed by atoms with E-state index < -0.39 is 0 Å². The maximum Gasteiger partial charge on any atom is 0.315 e. The number of rotatable bonds is 6. The van der Waals surface area contributed by atoms with E-state index >= 15 is 0 Å². The number of aliphatic hydroxyl groups is 1. The molecule has 0 saturated heterocycles. The third kappa shape index (κ3) is 5.41. The summed E-state index contributed by atoms with van der Waals surface area (Å²) in [4.78, 5) is 12.1. The van der Waals surface area contributed by atoms with Gasteiger partial charge in [0.2, 0.25) is 0 Å². The van der Waals surface area contributed by atoms with Crippen LogP contribution in [-0.4, -0.2) is 34.9 Å². The summed E-state index contributed by atoms with van der Waals surface area (Å²) in [6, 6.07) is 7.03. The first-order valence-corrected chi connectivity index (χ1v) is 8.89. The van der Waals surface area contributed by atoms with Crippen molar-refractivity contribution in [2.24, 2.45) is 5.41 Å². The highest BCUT2D eigenvalue weighted by Gasteiger charge is 2.35. The molecule has 1 aromatic carbocycles. The molecule has 2 amide bonds. The van der Waals surface area contributed by atoms with Crippen LogP contribution in [0.3, 0.4) is 0 Å². The number of carbonyl (C=O) groups excluding carboxylic acids is 1. The lowest BCUT2D eigenvalue weighted by molar-refractivity contribution is 0.00305. The molecule has 134 valence electrons. The monoisotopic (exact) mass is 334 g/mol. The topological polar surface area (TPSA) is 81.6 Å². The summed E-state index contributed by atoms with van der Waals surface area (Å²) in [5, 5.41) is 25.3. The van der Waals surface area contributed by atoms with Crippen molar-refractivity contribution in [2.45, 2.75) is 64.5 Å². The van der Waals surface area contributed by atoms with Gasteiger partial charge >= 0.3 is 6.03 Å². The average molecular weight is 334 g/mol. The van der Waals surface area contributed by atoms with Crippen molar-refractivity contribution in [3.63, 3.8) is 0 Å². The number of amides is 2. The Balaban J connectivity index is 1.70. The number of carbonyl (C=O) groups is 1. The predicted molar refractivity (Wildman–Crippen MR) is 95.0 cm³/mol. The number of phenols is 1. The van der Waals surface area contributed by atoms with Gasteiger partial charge in [0.05, 0.1) is 6.10 Å².